The van der Waals surface area contributed by atoms with Gasteiger partial charge >= 0.3 is 0 Å². The van der Waals surface area contributed by atoms with E-state index in [1.54, 1.807) is 0 Å². The number of hydrogen-bond donors (Lipinski definition) is 2. The molecule has 2 unspecified atom stereocenters. The summed E-state index contributed by atoms with van der Waals surface area (Å²) >= 11 is 0. The van der Waals surface area contributed by atoms with Crippen LogP contribution in [0.1, 0.15) is 50.1 Å². The number of likely N-dealkylation sites (tertiary alicyclic amines) is 1. The molecule has 1 aliphatic heterocycles. The summed E-state index contributed by atoms with van der Waals surface area (Å²) in [5.41, 5.74) is 3.50. The largest absolute Gasteiger partial charge is 0.357 e. The molecule has 1 aromatic heterocycles. The zero-order valence-electron chi connectivity index (χ0n) is 15.8. The van der Waals surface area contributed by atoms with Gasteiger partial charge in [0.1, 0.15) is 0 Å². The first-order valence-electron chi connectivity index (χ1n) is 9.29. The molecule has 2 N–H and O–H groups in total. The minimum atomic E-state index is 0.495. The van der Waals surface area contributed by atoms with Crippen LogP contribution >= 0.6 is 0 Å². The van der Waals surface area contributed by atoms with Gasteiger partial charge < -0.3 is 10.6 Å². The van der Waals surface area contributed by atoms with Crippen LogP contribution in [0.25, 0.3) is 0 Å². The van der Waals surface area contributed by atoms with Gasteiger partial charge in [-0.25, -0.2) is 4.99 Å². The van der Waals surface area contributed by atoms with Crippen molar-refractivity contribution in [2.45, 2.75) is 71.6 Å². The first kappa shape index (κ1) is 17.3. The first-order valence-corrected chi connectivity index (χ1v) is 9.29. The number of aliphatic imine (C=N–C) groups is 1. The summed E-state index contributed by atoms with van der Waals surface area (Å²) in [4.78, 5) is 7.48. The van der Waals surface area contributed by atoms with Gasteiger partial charge in [-0.15, -0.1) is 0 Å². The number of hydrogen-bond acceptors (Lipinski definition) is 3. The molecule has 6 heteroatoms. The summed E-state index contributed by atoms with van der Waals surface area (Å²) in [6.07, 6.45) is 3.96. The van der Waals surface area contributed by atoms with Crippen LogP contribution in [0, 0.1) is 13.8 Å². The Hall–Kier alpha value is -1.56. The predicted octanol–water partition coefficient (Wildman–Crippen LogP) is 1.72. The number of aryl methyl sites for hydroxylation is 2. The van der Waals surface area contributed by atoms with Crippen LogP contribution in [0.15, 0.2) is 4.99 Å². The van der Waals surface area contributed by atoms with E-state index in [-0.39, 0.29) is 0 Å². The summed E-state index contributed by atoms with van der Waals surface area (Å²) in [5.74, 6) is 0.926. The summed E-state index contributed by atoms with van der Waals surface area (Å²) in [7, 11) is 1.99. The van der Waals surface area contributed by atoms with Crippen LogP contribution < -0.4 is 10.6 Å². The van der Waals surface area contributed by atoms with Crippen molar-refractivity contribution in [3.8, 4) is 0 Å². The molecule has 134 valence electrons. The van der Waals surface area contributed by atoms with Crippen molar-refractivity contribution >= 4 is 5.96 Å². The highest BCUT2D eigenvalue weighted by Crippen LogP contribution is 2.33. The zero-order chi connectivity index (χ0) is 17.3. The van der Waals surface area contributed by atoms with Crippen molar-refractivity contribution in [3.05, 3.63) is 17.0 Å². The van der Waals surface area contributed by atoms with Crippen LogP contribution in [-0.2, 0) is 13.6 Å². The minimum Gasteiger partial charge on any atom is -0.357 e. The maximum Gasteiger partial charge on any atom is 0.191 e. The molecule has 24 heavy (non-hydrogen) atoms. The Labute approximate surface area is 145 Å². The fraction of sp³-hybridized carbons (Fsp3) is 0.778. The number of nitrogens with one attached hydrogen (secondary N) is 2. The number of nitrogens with zero attached hydrogens (tertiary/aromatic N) is 4. The van der Waals surface area contributed by atoms with Gasteiger partial charge in [0.2, 0.25) is 0 Å². The third-order valence-electron chi connectivity index (χ3n) is 5.38. The molecule has 2 heterocycles. The van der Waals surface area contributed by atoms with Crippen molar-refractivity contribution in [1.29, 1.82) is 0 Å². The van der Waals surface area contributed by atoms with Crippen molar-refractivity contribution < 1.29 is 0 Å². The van der Waals surface area contributed by atoms with Crippen molar-refractivity contribution in [2.24, 2.45) is 12.0 Å². The lowest BCUT2D eigenvalue weighted by atomic mass is 10.2. The molecular formula is C18H32N6. The predicted molar refractivity (Wildman–Crippen MR) is 98.2 cm³/mol. The Morgan fingerprint density at radius 2 is 2.08 bits per heavy atom. The quantitative estimate of drug-likeness (QED) is 0.637. The van der Waals surface area contributed by atoms with Crippen molar-refractivity contribution in [2.75, 3.05) is 13.1 Å². The van der Waals surface area contributed by atoms with E-state index < -0.39 is 0 Å². The molecule has 0 amide bonds. The van der Waals surface area contributed by atoms with Gasteiger partial charge in [0.15, 0.2) is 5.96 Å². The van der Waals surface area contributed by atoms with Crippen LogP contribution in [-0.4, -0.2) is 51.9 Å². The van der Waals surface area contributed by atoms with Gasteiger partial charge in [0.25, 0.3) is 0 Å². The maximum absolute atomic E-state index is 4.82. The Kier molecular flexibility index (Phi) is 5.13. The molecule has 2 fully saturated rings. The van der Waals surface area contributed by atoms with E-state index >= 15 is 0 Å². The Morgan fingerprint density at radius 1 is 1.33 bits per heavy atom. The van der Waals surface area contributed by atoms with E-state index in [0.717, 1.165) is 30.8 Å². The second-order valence-corrected chi connectivity index (χ2v) is 7.32. The molecule has 0 aromatic carbocycles. The lowest BCUT2D eigenvalue weighted by Gasteiger charge is -2.20. The average Bonchev–Trinajstić information content (AvgIpc) is 3.26. The maximum atomic E-state index is 4.82. The Balaban J connectivity index is 1.63. The topological polar surface area (TPSA) is 57.5 Å². The molecule has 0 radical (unpaired) electrons. The molecule has 2 atom stereocenters. The monoisotopic (exact) mass is 332 g/mol. The Morgan fingerprint density at radius 3 is 2.67 bits per heavy atom. The second-order valence-electron chi connectivity index (χ2n) is 7.32. The smallest absolute Gasteiger partial charge is 0.191 e. The van der Waals surface area contributed by atoms with Crippen molar-refractivity contribution in [1.82, 2.24) is 25.3 Å². The van der Waals surface area contributed by atoms with Gasteiger partial charge in [-0.05, 0) is 47.0 Å². The summed E-state index contributed by atoms with van der Waals surface area (Å²) in [6.45, 7) is 11.3. The third kappa shape index (κ3) is 3.74. The molecule has 3 rings (SSSR count). The highest BCUT2D eigenvalue weighted by atomic mass is 15.3. The van der Waals surface area contributed by atoms with Crippen LogP contribution in [0.4, 0.5) is 0 Å². The SMILES string of the molecule is CCNC(=NCc1c(C)nn(C)c1C)NC1CC(C)N(C2CC2)C1. The van der Waals surface area contributed by atoms with E-state index in [4.69, 9.17) is 4.99 Å². The van der Waals surface area contributed by atoms with E-state index in [0.29, 0.717) is 18.6 Å². The fourth-order valence-corrected chi connectivity index (χ4v) is 3.79. The summed E-state index contributed by atoms with van der Waals surface area (Å²) < 4.78 is 1.94. The lowest BCUT2D eigenvalue weighted by molar-refractivity contribution is 0.256. The fourth-order valence-electron chi connectivity index (χ4n) is 3.79. The molecule has 1 aliphatic carbocycles. The molecular weight excluding hydrogens is 300 g/mol. The molecule has 0 spiro atoms. The first-order chi connectivity index (χ1) is 11.5. The normalized spacial score (nSPS) is 25.3. The van der Waals surface area contributed by atoms with E-state index in [9.17, 15) is 0 Å². The number of guanidine groups is 1. The molecule has 1 saturated carbocycles. The number of rotatable bonds is 5. The highest BCUT2D eigenvalue weighted by molar-refractivity contribution is 5.80. The van der Waals surface area contributed by atoms with Gasteiger partial charge in [0, 0.05) is 49.5 Å². The average molecular weight is 332 g/mol. The summed E-state index contributed by atoms with van der Waals surface area (Å²) in [5, 5.41) is 11.5. The van der Waals surface area contributed by atoms with Crippen LogP contribution in [0.2, 0.25) is 0 Å². The number of aromatic nitrogens is 2. The molecule has 1 aromatic rings. The van der Waals surface area contributed by atoms with E-state index in [1.165, 1.54) is 30.5 Å². The molecule has 1 saturated heterocycles. The molecule has 0 bridgehead atoms. The van der Waals surface area contributed by atoms with Crippen LogP contribution in [0.5, 0.6) is 0 Å². The highest BCUT2D eigenvalue weighted by Gasteiger charge is 2.38. The van der Waals surface area contributed by atoms with Crippen LogP contribution in [0.3, 0.4) is 0 Å². The van der Waals surface area contributed by atoms with Gasteiger partial charge in [-0.2, -0.15) is 5.10 Å². The lowest BCUT2D eigenvalue weighted by Crippen LogP contribution is -2.44. The minimum absolute atomic E-state index is 0.495. The van der Waals surface area contributed by atoms with Gasteiger partial charge in [-0.1, -0.05) is 0 Å². The van der Waals surface area contributed by atoms with Gasteiger partial charge in [-0.3, -0.25) is 9.58 Å². The van der Waals surface area contributed by atoms with E-state index in [2.05, 4.69) is 48.3 Å². The third-order valence-corrected chi connectivity index (χ3v) is 5.38. The second kappa shape index (κ2) is 7.13. The zero-order valence-corrected chi connectivity index (χ0v) is 15.8. The van der Waals surface area contributed by atoms with Gasteiger partial charge in [0.05, 0.1) is 12.2 Å². The van der Waals surface area contributed by atoms with E-state index in [1.807, 2.05) is 11.7 Å². The molecule has 2 aliphatic rings. The standard InChI is InChI=1S/C18H32N6/c1-6-19-18(20-10-17-13(3)22-23(5)14(17)4)21-15-9-12(2)24(11-15)16-7-8-16/h12,15-16H,6-11H2,1-5H3,(H2,19,20,21). The molecule has 6 nitrogen and oxygen atoms in total. The summed E-state index contributed by atoms with van der Waals surface area (Å²) in [6, 6.07) is 2.02. The Bertz CT molecular complexity index is 601. The van der Waals surface area contributed by atoms with Crippen molar-refractivity contribution in [3.63, 3.8) is 0 Å².